The Bertz CT molecular complexity index is 1280. The Kier molecular flexibility index (Phi) is 3.18. The van der Waals surface area contributed by atoms with E-state index in [1.54, 1.807) is 18.3 Å². The van der Waals surface area contributed by atoms with Gasteiger partial charge in [0.15, 0.2) is 11.6 Å². The van der Waals surface area contributed by atoms with Crippen LogP contribution in [0.3, 0.4) is 0 Å². The first-order chi connectivity index (χ1) is 13.2. The zero-order chi connectivity index (χ0) is 18.5. The van der Waals surface area contributed by atoms with E-state index in [4.69, 9.17) is 4.42 Å². The summed E-state index contributed by atoms with van der Waals surface area (Å²) in [5.74, 6) is -1.39. The number of nitrogens with zero attached hydrogens (tertiary/aromatic N) is 2. The first-order valence-corrected chi connectivity index (χ1v) is 8.31. The van der Waals surface area contributed by atoms with Gasteiger partial charge in [-0.1, -0.05) is 12.1 Å². The average molecular weight is 357 g/mol. The molecule has 2 heterocycles. The maximum Gasteiger partial charge on any atom is 0.169 e. The van der Waals surface area contributed by atoms with Crippen LogP contribution in [0.4, 0.5) is 4.39 Å². The van der Waals surface area contributed by atoms with Gasteiger partial charge in [-0.2, -0.15) is 10.4 Å². The van der Waals surface area contributed by atoms with Gasteiger partial charge >= 0.3 is 0 Å². The van der Waals surface area contributed by atoms with Gasteiger partial charge in [-0.25, -0.2) is 4.39 Å². The lowest BCUT2D eigenvalue weighted by Crippen LogP contribution is -2.04. The van der Waals surface area contributed by atoms with E-state index in [1.165, 1.54) is 12.3 Å². The highest BCUT2D eigenvalue weighted by Crippen LogP contribution is 2.49. The van der Waals surface area contributed by atoms with Crippen LogP contribution >= 0.6 is 0 Å². The Hall–Kier alpha value is -3.85. The van der Waals surface area contributed by atoms with Crippen molar-refractivity contribution >= 4 is 22.6 Å². The van der Waals surface area contributed by atoms with Crippen molar-refractivity contribution in [1.29, 1.82) is 5.26 Å². The number of aromatic amines is 1. The second-order valence-electron chi connectivity index (χ2n) is 6.42. The molecule has 0 radical (unpaired) electrons. The van der Waals surface area contributed by atoms with Gasteiger partial charge in [0, 0.05) is 10.9 Å². The Morgan fingerprint density at radius 1 is 1.22 bits per heavy atom. The number of hydrogen-bond donors (Lipinski definition) is 2. The number of halogens is 1. The molecular weight excluding hydrogens is 345 g/mol. The number of phenols is 1. The molecule has 0 fully saturated rings. The molecule has 0 saturated carbocycles. The third-order valence-electron chi connectivity index (χ3n) is 4.96. The number of fused-ring (bicyclic) bond motifs is 2. The van der Waals surface area contributed by atoms with E-state index in [1.807, 2.05) is 24.3 Å². The fourth-order valence-electron chi connectivity index (χ4n) is 3.70. The monoisotopic (exact) mass is 357 g/mol. The summed E-state index contributed by atoms with van der Waals surface area (Å²) in [4.78, 5) is 0. The number of aromatic nitrogens is 2. The molecule has 1 unspecified atom stereocenters. The van der Waals surface area contributed by atoms with Crippen LogP contribution in [-0.4, -0.2) is 15.3 Å². The maximum absolute atomic E-state index is 14.9. The lowest BCUT2D eigenvalue weighted by molar-refractivity contribution is 0.426. The molecule has 0 amide bonds. The van der Waals surface area contributed by atoms with Gasteiger partial charge in [0.2, 0.25) is 0 Å². The lowest BCUT2D eigenvalue weighted by Gasteiger charge is -2.17. The van der Waals surface area contributed by atoms with Gasteiger partial charge < -0.3 is 9.52 Å². The first-order valence-electron chi connectivity index (χ1n) is 8.31. The van der Waals surface area contributed by atoms with Crippen molar-refractivity contribution in [2.75, 3.05) is 0 Å². The quantitative estimate of drug-likeness (QED) is 0.551. The normalized spacial score (nSPS) is 15.6. The van der Waals surface area contributed by atoms with Gasteiger partial charge in [-0.15, -0.1) is 0 Å². The minimum absolute atomic E-state index is 0.309. The van der Waals surface area contributed by atoms with Crippen molar-refractivity contribution in [3.05, 3.63) is 82.7 Å². The Morgan fingerprint density at radius 2 is 2.11 bits per heavy atom. The van der Waals surface area contributed by atoms with Crippen molar-refractivity contribution in [2.24, 2.45) is 0 Å². The summed E-state index contributed by atoms with van der Waals surface area (Å²) < 4.78 is 20.4. The SMILES string of the molecule is N#Cc1ccoc1C1C(c2ccc3[nH]ncc3c2)=Cc2ccc(O)c(F)c21. The van der Waals surface area contributed by atoms with Crippen LogP contribution in [0.15, 0.2) is 53.3 Å². The van der Waals surface area contributed by atoms with Crippen LogP contribution in [0.25, 0.3) is 22.6 Å². The van der Waals surface area contributed by atoms with E-state index in [0.717, 1.165) is 22.0 Å². The van der Waals surface area contributed by atoms with Crippen molar-refractivity contribution in [1.82, 2.24) is 10.2 Å². The smallest absolute Gasteiger partial charge is 0.169 e. The molecule has 0 spiro atoms. The molecule has 5 nitrogen and oxygen atoms in total. The average Bonchev–Trinajstić information content (AvgIpc) is 3.40. The molecule has 0 aliphatic heterocycles. The predicted octanol–water partition coefficient (Wildman–Crippen LogP) is 4.56. The van der Waals surface area contributed by atoms with Crippen LogP contribution in [0, 0.1) is 17.1 Å². The molecule has 2 aromatic carbocycles. The van der Waals surface area contributed by atoms with Crippen molar-refractivity contribution in [2.45, 2.75) is 5.92 Å². The van der Waals surface area contributed by atoms with Crippen molar-refractivity contribution in [3.63, 3.8) is 0 Å². The van der Waals surface area contributed by atoms with Gasteiger partial charge in [0.25, 0.3) is 0 Å². The van der Waals surface area contributed by atoms with Gasteiger partial charge in [-0.3, -0.25) is 5.10 Å². The summed E-state index contributed by atoms with van der Waals surface area (Å²) in [7, 11) is 0. The first kappa shape index (κ1) is 15.4. The number of phenolic OH excluding ortho intramolecular Hbond substituents is 1. The molecule has 1 atom stereocenters. The number of benzene rings is 2. The largest absolute Gasteiger partial charge is 0.505 e. The summed E-state index contributed by atoms with van der Waals surface area (Å²) in [6.07, 6.45) is 5.01. The summed E-state index contributed by atoms with van der Waals surface area (Å²) in [6, 6.07) is 12.4. The molecule has 2 N–H and O–H groups in total. The van der Waals surface area contributed by atoms with Gasteiger partial charge in [-0.05, 0) is 47.0 Å². The standard InChI is InChI=1S/C21H12FN3O2/c22-20-17(26)4-2-12-8-15(11-1-3-16-14(7-11)10-24-25-16)19(18(12)20)21-13(9-23)5-6-27-21/h1-8,10,19,26H,(H,24,25). The second-order valence-corrected chi connectivity index (χ2v) is 6.42. The molecule has 4 aromatic rings. The van der Waals surface area contributed by atoms with Crippen LogP contribution in [0.1, 0.15) is 33.9 Å². The minimum Gasteiger partial charge on any atom is -0.505 e. The van der Waals surface area contributed by atoms with Crippen LogP contribution in [0.2, 0.25) is 0 Å². The summed E-state index contributed by atoms with van der Waals surface area (Å²) >= 11 is 0. The molecule has 0 bridgehead atoms. The minimum atomic E-state index is -0.701. The maximum atomic E-state index is 14.9. The molecule has 2 aromatic heterocycles. The van der Waals surface area contributed by atoms with Crippen LogP contribution in [-0.2, 0) is 0 Å². The van der Waals surface area contributed by atoms with Crippen LogP contribution in [0.5, 0.6) is 5.75 Å². The van der Waals surface area contributed by atoms with Gasteiger partial charge in [0.05, 0.1) is 29.5 Å². The summed E-state index contributed by atoms with van der Waals surface area (Å²) in [5.41, 5.74) is 3.85. The number of furan rings is 1. The van der Waals surface area contributed by atoms with E-state index in [9.17, 15) is 14.8 Å². The fourth-order valence-corrected chi connectivity index (χ4v) is 3.70. The third-order valence-corrected chi connectivity index (χ3v) is 4.96. The number of nitriles is 1. The fraction of sp³-hybridized carbons (Fsp3) is 0.0476. The number of H-pyrrole nitrogens is 1. The number of aromatic hydroxyl groups is 1. The predicted molar refractivity (Wildman–Crippen MR) is 97.3 cm³/mol. The molecule has 5 rings (SSSR count). The van der Waals surface area contributed by atoms with E-state index in [2.05, 4.69) is 16.3 Å². The summed E-state index contributed by atoms with van der Waals surface area (Å²) in [5, 5.41) is 27.2. The van der Waals surface area contributed by atoms with E-state index in [0.29, 0.717) is 22.5 Å². The molecule has 27 heavy (non-hydrogen) atoms. The molecule has 0 saturated heterocycles. The number of allylic oxidation sites excluding steroid dienone is 1. The van der Waals surface area contributed by atoms with Crippen LogP contribution < -0.4 is 0 Å². The van der Waals surface area contributed by atoms with Crippen molar-refractivity contribution < 1.29 is 13.9 Å². The van der Waals surface area contributed by atoms with E-state index in [-0.39, 0.29) is 0 Å². The Labute approximate surface area is 153 Å². The van der Waals surface area contributed by atoms with Crippen molar-refractivity contribution in [3.8, 4) is 11.8 Å². The van der Waals surface area contributed by atoms with E-state index < -0.39 is 17.5 Å². The second kappa shape index (κ2) is 5.58. The topological polar surface area (TPSA) is 85.8 Å². The zero-order valence-electron chi connectivity index (χ0n) is 13.9. The number of hydrogen-bond acceptors (Lipinski definition) is 4. The number of nitrogens with one attached hydrogen (secondary N) is 1. The molecule has 6 heteroatoms. The third kappa shape index (κ3) is 2.19. The highest BCUT2D eigenvalue weighted by atomic mass is 19.1. The Balaban J connectivity index is 1.77. The molecular formula is C21H12FN3O2. The number of rotatable bonds is 2. The Morgan fingerprint density at radius 3 is 2.96 bits per heavy atom. The molecule has 130 valence electrons. The van der Waals surface area contributed by atoms with Gasteiger partial charge in [0.1, 0.15) is 11.8 Å². The molecule has 1 aliphatic rings. The zero-order valence-corrected chi connectivity index (χ0v) is 13.9. The highest BCUT2D eigenvalue weighted by Gasteiger charge is 2.35. The molecule has 1 aliphatic carbocycles. The highest BCUT2D eigenvalue weighted by molar-refractivity contribution is 5.96. The summed E-state index contributed by atoms with van der Waals surface area (Å²) in [6.45, 7) is 0. The lowest BCUT2D eigenvalue weighted by atomic mass is 9.87. The van der Waals surface area contributed by atoms with E-state index >= 15 is 0 Å².